The van der Waals surface area contributed by atoms with Crippen LogP contribution in [-0.4, -0.2) is 50.1 Å². The summed E-state index contributed by atoms with van der Waals surface area (Å²) in [5.41, 5.74) is 15.1. The molecular formula is C29H43N5O4. The van der Waals surface area contributed by atoms with Gasteiger partial charge in [0.05, 0.1) is 19.4 Å². The summed E-state index contributed by atoms with van der Waals surface area (Å²) in [5, 5.41) is 8.65. The number of amides is 3. The topological polar surface area (TPSA) is 149 Å². The van der Waals surface area contributed by atoms with Crippen molar-refractivity contribution in [2.24, 2.45) is 11.5 Å². The first-order valence-corrected chi connectivity index (χ1v) is 13.4. The van der Waals surface area contributed by atoms with E-state index in [0.717, 1.165) is 28.7 Å². The Labute approximate surface area is 226 Å². The maximum Gasteiger partial charge on any atom is 0.242 e. The molecule has 1 unspecified atom stereocenters. The van der Waals surface area contributed by atoms with Crippen LogP contribution in [0.2, 0.25) is 0 Å². The van der Waals surface area contributed by atoms with E-state index in [2.05, 4.69) is 16.0 Å². The quantitative estimate of drug-likeness (QED) is 0.187. The summed E-state index contributed by atoms with van der Waals surface area (Å²) in [7, 11) is 0. The van der Waals surface area contributed by atoms with Crippen molar-refractivity contribution in [2.75, 3.05) is 26.3 Å². The molecule has 0 saturated carbocycles. The Balaban J connectivity index is 1.80. The van der Waals surface area contributed by atoms with Crippen LogP contribution >= 0.6 is 0 Å². The molecule has 0 spiro atoms. The van der Waals surface area contributed by atoms with Gasteiger partial charge in [0.15, 0.2) is 0 Å². The number of carbonyl (C=O) groups excluding carboxylic acids is 3. The third kappa shape index (κ3) is 12.3. The highest BCUT2D eigenvalue weighted by atomic mass is 16.5. The highest BCUT2D eigenvalue weighted by molar-refractivity contribution is 5.88. The van der Waals surface area contributed by atoms with Gasteiger partial charge in [-0.2, -0.15) is 0 Å². The second-order valence-electron chi connectivity index (χ2n) is 9.26. The highest BCUT2D eigenvalue weighted by Gasteiger charge is 2.20. The van der Waals surface area contributed by atoms with Crippen molar-refractivity contribution in [1.29, 1.82) is 0 Å². The van der Waals surface area contributed by atoms with E-state index in [1.54, 1.807) is 0 Å². The summed E-state index contributed by atoms with van der Waals surface area (Å²) in [6, 6.07) is 14.5. The van der Waals surface area contributed by atoms with E-state index in [-0.39, 0.29) is 24.1 Å². The molecule has 9 nitrogen and oxygen atoms in total. The average molecular weight is 526 g/mol. The lowest BCUT2D eigenvalue weighted by atomic mass is 10.1. The average Bonchev–Trinajstić information content (AvgIpc) is 2.92. The molecular weight excluding hydrogens is 482 g/mol. The Bertz CT molecular complexity index is 979. The van der Waals surface area contributed by atoms with E-state index >= 15 is 0 Å². The number of nitrogens with two attached hydrogens (primary N) is 2. The second-order valence-corrected chi connectivity index (χ2v) is 9.26. The smallest absolute Gasteiger partial charge is 0.242 e. The van der Waals surface area contributed by atoms with E-state index in [1.807, 2.05) is 55.5 Å². The zero-order valence-electron chi connectivity index (χ0n) is 22.5. The summed E-state index contributed by atoms with van der Waals surface area (Å²) in [4.78, 5) is 37.7. The lowest BCUT2D eigenvalue weighted by Gasteiger charge is -2.19. The minimum absolute atomic E-state index is 0.0548. The van der Waals surface area contributed by atoms with Crippen LogP contribution in [0.5, 0.6) is 0 Å². The van der Waals surface area contributed by atoms with Crippen LogP contribution < -0.4 is 27.4 Å². The van der Waals surface area contributed by atoms with Crippen molar-refractivity contribution in [3.63, 3.8) is 0 Å². The Kier molecular flexibility index (Phi) is 14.7. The summed E-state index contributed by atoms with van der Waals surface area (Å²) in [6.07, 6.45) is 3.22. The van der Waals surface area contributed by atoms with Crippen LogP contribution in [-0.2, 0) is 45.1 Å². The SMILES string of the molecule is CCCOCCNC(=O)C(CCCCNC(=O)Cc1ccc(CN)cc1)NC(=O)Cc1ccc(CN)cc1. The van der Waals surface area contributed by atoms with Gasteiger partial charge in [-0.15, -0.1) is 0 Å². The molecule has 38 heavy (non-hydrogen) atoms. The number of ether oxygens (including phenoxy) is 1. The van der Waals surface area contributed by atoms with Crippen LogP contribution in [0, 0.1) is 0 Å². The molecule has 7 N–H and O–H groups in total. The standard InChI is InChI=1S/C29H43N5O4/c1-2-16-38-17-15-33-29(37)26(34-28(36)19-23-8-12-25(21-31)13-9-23)5-3-4-14-32-27(35)18-22-6-10-24(20-30)11-7-22/h6-13,26H,2-5,14-21,30-31H2,1H3,(H,32,35)(H,33,37)(H,34,36). The van der Waals surface area contributed by atoms with Crippen LogP contribution in [0.15, 0.2) is 48.5 Å². The third-order valence-electron chi connectivity index (χ3n) is 6.03. The van der Waals surface area contributed by atoms with E-state index in [0.29, 0.717) is 65.1 Å². The second kappa shape index (κ2) is 18.1. The van der Waals surface area contributed by atoms with E-state index in [4.69, 9.17) is 16.2 Å². The number of benzene rings is 2. The lowest BCUT2D eigenvalue weighted by Crippen LogP contribution is -2.48. The summed E-state index contributed by atoms with van der Waals surface area (Å²) >= 11 is 0. The Morgan fingerprint density at radius 3 is 1.84 bits per heavy atom. The number of hydrogen-bond acceptors (Lipinski definition) is 6. The van der Waals surface area contributed by atoms with Gasteiger partial charge >= 0.3 is 0 Å². The van der Waals surface area contributed by atoms with Crippen LogP contribution in [0.4, 0.5) is 0 Å². The molecule has 208 valence electrons. The van der Waals surface area contributed by atoms with E-state index in [9.17, 15) is 14.4 Å². The molecule has 0 bridgehead atoms. The molecule has 0 aromatic heterocycles. The normalized spacial score (nSPS) is 11.6. The summed E-state index contributed by atoms with van der Waals surface area (Å²) < 4.78 is 5.42. The van der Waals surface area contributed by atoms with Crippen molar-refractivity contribution in [1.82, 2.24) is 16.0 Å². The molecule has 0 saturated heterocycles. The lowest BCUT2D eigenvalue weighted by molar-refractivity contribution is -0.129. The van der Waals surface area contributed by atoms with Gasteiger partial charge in [0, 0.05) is 32.8 Å². The Morgan fingerprint density at radius 1 is 0.737 bits per heavy atom. The largest absolute Gasteiger partial charge is 0.380 e. The van der Waals surface area contributed by atoms with Gasteiger partial charge < -0.3 is 32.2 Å². The van der Waals surface area contributed by atoms with Crippen LogP contribution in [0.1, 0.15) is 54.9 Å². The number of nitrogens with one attached hydrogen (secondary N) is 3. The van der Waals surface area contributed by atoms with E-state index < -0.39 is 6.04 Å². The number of hydrogen-bond donors (Lipinski definition) is 5. The van der Waals surface area contributed by atoms with Crippen molar-refractivity contribution in [3.05, 3.63) is 70.8 Å². The molecule has 2 aromatic rings. The van der Waals surface area contributed by atoms with Crippen molar-refractivity contribution >= 4 is 17.7 Å². The molecule has 2 aromatic carbocycles. The fourth-order valence-corrected chi connectivity index (χ4v) is 3.85. The molecule has 0 aliphatic rings. The van der Waals surface area contributed by atoms with E-state index in [1.165, 1.54) is 0 Å². The van der Waals surface area contributed by atoms with Crippen molar-refractivity contribution < 1.29 is 19.1 Å². The first-order valence-electron chi connectivity index (χ1n) is 13.4. The minimum atomic E-state index is -0.659. The van der Waals surface area contributed by atoms with Gasteiger partial charge in [0.2, 0.25) is 17.7 Å². The van der Waals surface area contributed by atoms with Gasteiger partial charge in [-0.3, -0.25) is 14.4 Å². The Hall–Kier alpha value is -3.27. The van der Waals surface area contributed by atoms with Gasteiger partial charge in [0.25, 0.3) is 0 Å². The maximum atomic E-state index is 12.8. The van der Waals surface area contributed by atoms with Gasteiger partial charge in [-0.25, -0.2) is 0 Å². The molecule has 3 amide bonds. The number of carbonyl (C=O) groups is 3. The summed E-state index contributed by atoms with van der Waals surface area (Å²) in [5.74, 6) is -0.510. The molecule has 0 fully saturated rings. The molecule has 0 heterocycles. The predicted octanol–water partition coefficient (Wildman–Crippen LogP) is 1.70. The van der Waals surface area contributed by atoms with Crippen molar-refractivity contribution in [2.45, 2.75) is 64.6 Å². The Morgan fingerprint density at radius 2 is 1.29 bits per heavy atom. The van der Waals surface area contributed by atoms with Gasteiger partial charge in [0.1, 0.15) is 6.04 Å². The maximum absolute atomic E-state index is 12.8. The number of rotatable bonds is 18. The monoisotopic (exact) mass is 525 g/mol. The van der Waals surface area contributed by atoms with Gasteiger partial charge in [-0.1, -0.05) is 55.5 Å². The first-order chi connectivity index (χ1) is 18.4. The number of unbranched alkanes of at least 4 members (excludes halogenated alkanes) is 1. The molecule has 0 aliphatic carbocycles. The zero-order chi connectivity index (χ0) is 27.6. The molecule has 9 heteroatoms. The molecule has 0 aliphatic heterocycles. The first kappa shape index (κ1) is 31.0. The van der Waals surface area contributed by atoms with Crippen LogP contribution in [0.25, 0.3) is 0 Å². The highest BCUT2D eigenvalue weighted by Crippen LogP contribution is 2.07. The fraction of sp³-hybridized carbons (Fsp3) is 0.483. The van der Waals surface area contributed by atoms with Crippen molar-refractivity contribution in [3.8, 4) is 0 Å². The molecule has 2 rings (SSSR count). The minimum Gasteiger partial charge on any atom is -0.380 e. The third-order valence-corrected chi connectivity index (χ3v) is 6.03. The predicted molar refractivity (Wildman–Crippen MR) is 149 cm³/mol. The zero-order valence-corrected chi connectivity index (χ0v) is 22.5. The molecule has 1 atom stereocenters. The molecule has 0 radical (unpaired) electrons. The fourth-order valence-electron chi connectivity index (χ4n) is 3.85. The van der Waals surface area contributed by atoms with Crippen LogP contribution in [0.3, 0.4) is 0 Å². The summed E-state index contributed by atoms with van der Waals surface area (Å²) in [6.45, 7) is 4.89. The van der Waals surface area contributed by atoms with Gasteiger partial charge in [-0.05, 0) is 47.9 Å².